The maximum atomic E-state index is 14.7. The molecule has 2 aromatic carbocycles. The highest BCUT2D eigenvalue weighted by Crippen LogP contribution is 2.41. The van der Waals surface area contributed by atoms with E-state index in [1.165, 1.54) is 11.1 Å². The van der Waals surface area contributed by atoms with E-state index in [4.69, 9.17) is 25.0 Å². The van der Waals surface area contributed by atoms with Gasteiger partial charge in [0.1, 0.15) is 24.6 Å². The molecule has 42 heavy (non-hydrogen) atoms. The van der Waals surface area contributed by atoms with Crippen LogP contribution in [-0.4, -0.2) is 51.4 Å². The molecule has 0 bridgehead atoms. The Labute approximate surface area is 253 Å². The molecule has 0 aromatic heterocycles. The number of nitrogens with zero attached hydrogens (tertiary/aromatic N) is 2. The molecule has 1 aliphatic heterocycles. The van der Waals surface area contributed by atoms with E-state index in [2.05, 4.69) is 65.1 Å². The minimum atomic E-state index is -0.597. The zero-order valence-corrected chi connectivity index (χ0v) is 27.4. The number of carbonyl (C=O) groups is 1. The lowest BCUT2D eigenvalue weighted by Gasteiger charge is -2.41. The highest BCUT2D eigenvalue weighted by atomic mass is 16.5. The van der Waals surface area contributed by atoms with Gasteiger partial charge >= 0.3 is 5.91 Å². The fourth-order valence-electron chi connectivity index (χ4n) is 5.44. The predicted molar refractivity (Wildman–Crippen MR) is 169 cm³/mol. The number of rotatable bonds is 13. The first-order chi connectivity index (χ1) is 20.0. The van der Waals surface area contributed by atoms with Crippen molar-refractivity contribution >= 4 is 11.6 Å². The molecular weight excluding hydrogens is 528 g/mol. The Morgan fingerprint density at radius 2 is 1.48 bits per heavy atom. The molecule has 8 heteroatoms. The molecule has 232 valence electrons. The van der Waals surface area contributed by atoms with Crippen LogP contribution in [0.1, 0.15) is 92.7 Å². The standard InChI is InChI=1S/C34H53N2O4.N2/c1-10-29(40-30-17-15-25(33(6,7)11-2)23-27(30)34(8,9)12-3)32(37)36(21-19-35-20-22-36)28-24-26(38-13-4)16-18-31(28)39-14-5;1-2/h15-18,23-24,29,35H,10-14,19-22H2,1-9H3;/q+1;/p+1. The first kappa shape index (κ1) is 35.0. The fourth-order valence-corrected chi connectivity index (χ4v) is 5.44. The van der Waals surface area contributed by atoms with Gasteiger partial charge in [-0.2, -0.15) is 0 Å². The minimum absolute atomic E-state index is 0.0639. The van der Waals surface area contributed by atoms with Gasteiger partial charge in [0, 0.05) is 24.7 Å². The van der Waals surface area contributed by atoms with Crippen molar-refractivity contribution < 1.29 is 24.4 Å². The minimum Gasteiger partial charge on any atom is -0.494 e. The lowest BCUT2D eigenvalue weighted by Crippen LogP contribution is -2.66. The monoisotopic (exact) mass is 582 g/mol. The second-order valence-electron chi connectivity index (χ2n) is 12.2. The van der Waals surface area contributed by atoms with Crippen LogP contribution in [0.3, 0.4) is 0 Å². The molecule has 1 fully saturated rings. The summed E-state index contributed by atoms with van der Waals surface area (Å²) in [7, 11) is 0. The lowest BCUT2D eigenvalue weighted by molar-refractivity contribution is -0.175. The van der Waals surface area contributed by atoms with Crippen molar-refractivity contribution in [1.82, 2.24) is 9.80 Å². The van der Waals surface area contributed by atoms with E-state index in [0.29, 0.717) is 32.7 Å². The summed E-state index contributed by atoms with van der Waals surface area (Å²) in [5, 5.41) is 14.4. The average molecular weight is 583 g/mol. The molecule has 2 N–H and O–H groups in total. The molecule has 0 aliphatic carbocycles. The normalized spacial score (nSPS) is 15.6. The predicted octanol–water partition coefficient (Wildman–Crippen LogP) is 5.43. The average Bonchev–Trinajstić information content (AvgIpc) is 3.01. The third-order valence-electron chi connectivity index (χ3n) is 8.94. The van der Waals surface area contributed by atoms with Crippen LogP contribution in [0.4, 0.5) is 5.69 Å². The van der Waals surface area contributed by atoms with Crippen molar-refractivity contribution in [3.63, 3.8) is 0 Å². The number of hydrogen-bond acceptors (Lipinski definition) is 6. The Hall–Kier alpha value is -3.15. The SMILES string of the molecule is CCOc1ccc(OCC)c([N+]2(C(=O)C(CC)Oc3ccc(C(C)(C)CC)cc3C(C)(C)CC)CCNCC2)c1.N#[NH+]. The zero-order chi connectivity index (χ0) is 31.6. The van der Waals surface area contributed by atoms with Crippen molar-refractivity contribution in [2.24, 2.45) is 0 Å². The van der Waals surface area contributed by atoms with Crippen molar-refractivity contribution in [3.8, 4) is 17.2 Å². The number of diazo groups is 1. The smallest absolute Gasteiger partial charge is 0.359 e. The van der Waals surface area contributed by atoms with Gasteiger partial charge in [0.15, 0.2) is 11.4 Å². The number of benzene rings is 2. The van der Waals surface area contributed by atoms with Crippen LogP contribution in [0, 0.1) is 5.39 Å². The second-order valence-corrected chi connectivity index (χ2v) is 12.2. The zero-order valence-electron chi connectivity index (χ0n) is 27.4. The first-order valence-corrected chi connectivity index (χ1v) is 15.6. The number of piperazine rings is 1. The third-order valence-corrected chi connectivity index (χ3v) is 8.94. The molecular formula is C34H54N4O4+2. The van der Waals surface area contributed by atoms with Crippen LogP contribution in [0.5, 0.6) is 17.2 Å². The highest BCUT2D eigenvalue weighted by Gasteiger charge is 2.47. The van der Waals surface area contributed by atoms with E-state index in [1.54, 1.807) is 0 Å². The van der Waals surface area contributed by atoms with Gasteiger partial charge in [-0.3, -0.25) is 0 Å². The van der Waals surface area contributed by atoms with E-state index in [9.17, 15) is 4.79 Å². The van der Waals surface area contributed by atoms with Crippen LogP contribution in [0.25, 0.3) is 0 Å². The Morgan fingerprint density at radius 3 is 2.02 bits per heavy atom. The number of amides is 1. The van der Waals surface area contributed by atoms with Crippen molar-refractivity contribution in [2.75, 3.05) is 39.4 Å². The summed E-state index contributed by atoms with van der Waals surface area (Å²) in [4.78, 5) is 14.7. The lowest BCUT2D eigenvalue weighted by atomic mass is 9.76. The molecule has 8 nitrogen and oxygen atoms in total. The Balaban J connectivity index is 0.00000301. The fraction of sp³-hybridized carbons (Fsp3) is 0.618. The van der Waals surface area contributed by atoms with Crippen molar-refractivity contribution in [3.05, 3.63) is 47.5 Å². The molecule has 1 heterocycles. The first-order valence-electron chi connectivity index (χ1n) is 15.6. The number of ether oxygens (including phenoxy) is 3. The highest BCUT2D eigenvalue weighted by molar-refractivity contribution is 5.94. The van der Waals surface area contributed by atoms with Crippen LogP contribution < -0.4 is 29.4 Å². The van der Waals surface area contributed by atoms with Crippen molar-refractivity contribution in [1.29, 1.82) is 5.39 Å². The summed E-state index contributed by atoms with van der Waals surface area (Å²) in [5.41, 5.74) is 3.30. The molecule has 1 amide bonds. The maximum Gasteiger partial charge on any atom is 0.359 e. The molecule has 1 unspecified atom stereocenters. The molecule has 1 atom stereocenters. The van der Waals surface area contributed by atoms with Gasteiger partial charge in [-0.15, -0.1) is 0 Å². The van der Waals surface area contributed by atoms with Crippen LogP contribution >= 0.6 is 0 Å². The summed E-state index contributed by atoms with van der Waals surface area (Å²) < 4.78 is 18.9. The summed E-state index contributed by atoms with van der Waals surface area (Å²) in [6.45, 7) is 23.4. The quantitative estimate of drug-likeness (QED) is 0.241. The maximum absolute atomic E-state index is 14.7. The van der Waals surface area contributed by atoms with Crippen LogP contribution in [0.15, 0.2) is 36.4 Å². The van der Waals surface area contributed by atoms with Crippen LogP contribution in [0.2, 0.25) is 0 Å². The van der Waals surface area contributed by atoms with Gasteiger partial charge in [-0.25, -0.2) is 9.28 Å². The van der Waals surface area contributed by atoms with Gasteiger partial charge in [-0.05, 0) is 67.7 Å². The number of hydrogen-bond donors (Lipinski definition) is 2. The summed E-state index contributed by atoms with van der Waals surface area (Å²) in [5.74, 6) is 2.36. The van der Waals surface area contributed by atoms with Crippen molar-refractivity contribution in [2.45, 2.75) is 98.5 Å². The number of nitrogens with one attached hydrogen (secondary N) is 2. The molecule has 3 rings (SSSR count). The Kier molecular flexibility index (Phi) is 12.8. The van der Waals surface area contributed by atoms with Gasteiger partial charge in [0.25, 0.3) is 0 Å². The van der Waals surface area contributed by atoms with Crippen LogP contribution in [-0.2, 0) is 15.6 Å². The summed E-state index contributed by atoms with van der Waals surface area (Å²) in [6, 6.07) is 12.5. The van der Waals surface area contributed by atoms with Gasteiger partial charge < -0.3 is 19.5 Å². The molecule has 1 saturated heterocycles. The summed E-state index contributed by atoms with van der Waals surface area (Å²) >= 11 is 0. The number of carbonyl (C=O) groups excluding carboxylic acids is 1. The van der Waals surface area contributed by atoms with Gasteiger partial charge in [0.05, 0.1) is 18.6 Å². The topological polar surface area (TPSA) is 104 Å². The van der Waals surface area contributed by atoms with E-state index >= 15 is 0 Å². The third kappa shape index (κ3) is 7.62. The van der Waals surface area contributed by atoms with E-state index in [-0.39, 0.29) is 21.2 Å². The Morgan fingerprint density at radius 1 is 0.881 bits per heavy atom. The Bertz CT molecular complexity index is 1190. The number of quaternary nitrogens is 1. The molecule has 0 radical (unpaired) electrons. The van der Waals surface area contributed by atoms with E-state index in [0.717, 1.165) is 48.9 Å². The molecule has 0 spiro atoms. The van der Waals surface area contributed by atoms with Gasteiger partial charge in [-0.1, -0.05) is 60.6 Å². The van der Waals surface area contributed by atoms with Gasteiger partial charge in [0.2, 0.25) is 11.5 Å². The second kappa shape index (κ2) is 15.4. The summed E-state index contributed by atoms with van der Waals surface area (Å²) in [6.07, 6.45) is 2.00. The largest absolute Gasteiger partial charge is 0.494 e. The van der Waals surface area contributed by atoms with E-state index in [1.807, 2.05) is 39.0 Å². The molecule has 0 saturated carbocycles. The molecule has 2 aromatic rings. The van der Waals surface area contributed by atoms with E-state index < -0.39 is 6.10 Å². The molecule has 1 aliphatic rings.